The van der Waals surface area contributed by atoms with Crippen LogP contribution in [0.1, 0.15) is 12.5 Å². The predicted molar refractivity (Wildman–Crippen MR) is 74.9 cm³/mol. The van der Waals surface area contributed by atoms with Crippen molar-refractivity contribution in [1.29, 1.82) is 0 Å². The number of carbonyl (C=O) groups excluding carboxylic acids is 1. The number of likely N-dealkylation sites (N-methyl/N-ethyl adjacent to an activating group) is 1. The van der Waals surface area contributed by atoms with E-state index < -0.39 is 29.0 Å². The first-order valence-corrected chi connectivity index (χ1v) is 6.58. The van der Waals surface area contributed by atoms with Crippen LogP contribution >= 0.6 is 0 Å². The highest BCUT2D eigenvalue weighted by Crippen LogP contribution is 2.19. The summed E-state index contributed by atoms with van der Waals surface area (Å²) in [6.45, 7) is 1.83. The van der Waals surface area contributed by atoms with Crippen LogP contribution in [-0.4, -0.2) is 46.0 Å². The fourth-order valence-corrected chi connectivity index (χ4v) is 2.41. The first-order valence-electron chi connectivity index (χ1n) is 6.58. The van der Waals surface area contributed by atoms with Crippen molar-refractivity contribution in [3.05, 3.63) is 39.9 Å². The summed E-state index contributed by atoms with van der Waals surface area (Å²) < 4.78 is 0. The number of rotatable bonds is 4. The number of phenolic OH excluding ortho intramolecular Hbond substituents is 1. The van der Waals surface area contributed by atoms with Crippen LogP contribution in [0.4, 0.5) is 0 Å². The van der Waals surface area contributed by atoms with Crippen LogP contribution in [0.5, 0.6) is 5.75 Å². The van der Waals surface area contributed by atoms with Gasteiger partial charge < -0.3 is 10.0 Å². The Morgan fingerprint density at radius 1 is 1.43 bits per heavy atom. The number of amides is 1. The number of hydrazine groups is 1. The van der Waals surface area contributed by atoms with Crippen molar-refractivity contribution in [3.63, 3.8) is 0 Å². The number of nitrogens with one attached hydrogen (secondary N) is 2. The minimum absolute atomic E-state index is 0.0915. The van der Waals surface area contributed by atoms with Gasteiger partial charge in [0.05, 0.1) is 6.04 Å². The van der Waals surface area contributed by atoms with Crippen LogP contribution in [0.25, 0.3) is 0 Å². The summed E-state index contributed by atoms with van der Waals surface area (Å²) in [5.74, 6) is -0.300. The summed E-state index contributed by atoms with van der Waals surface area (Å²) >= 11 is 0. The summed E-state index contributed by atoms with van der Waals surface area (Å²) in [7, 11) is 1.55. The number of aromatic hydroxyl groups is 1. The molecule has 1 aliphatic heterocycles. The maximum Gasteiger partial charge on any atom is 0.254 e. The van der Waals surface area contributed by atoms with Gasteiger partial charge in [-0.2, -0.15) is 0 Å². The Hall–Kier alpha value is -2.19. The molecule has 0 aromatic heterocycles. The van der Waals surface area contributed by atoms with E-state index in [4.69, 9.17) is 0 Å². The molecule has 0 saturated carbocycles. The number of carbonyl (C=O) groups is 1. The summed E-state index contributed by atoms with van der Waals surface area (Å²) in [5.41, 5.74) is 5.98. The van der Waals surface area contributed by atoms with Crippen molar-refractivity contribution in [2.75, 3.05) is 7.05 Å². The third-order valence-electron chi connectivity index (χ3n) is 3.61. The predicted octanol–water partition coefficient (Wildman–Crippen LogP) is -0.139. The number of benzene rings is 1. The molecule has 114 valence electrons. The third kappa shape index (κ3) is 3.11. The molecular formula is C13H18N4O4. The minimum Gasteiger partial charge on any atom is -0.508 e. The molecule has 1 aromatic rings. The van der Waals surface area contributed by atoms with E-state index in [2.05, 4.69) is 10.9 Å². The molecule has 2 rings (SSSR count). The molecule has 3 unspecified atom stereocenters. The third-order valence-corrected chi connectivity index (χ3v) is 3.61. The summed E-state index contributed by atoms with van der Waals surface area (Å²) in [4.78, 5) is 24.3. The van der Waals surface area contributed by atoms with Crippen molar-refractivity contribution in [2.24, 2.45) is 0 Å². The molecule has 0 aliphatic carbocycles. The second-order valence-electron chi connectivity index (χ2n) is 5.15. The largest absolute Gasteiger partial charge is 0.508 e. The molecule has 1 heterocycles. The van der Waals surface area contributed by atoms with Crippen LogP contribution in [0.15, 0.2) is 24.3 Å². The summed E-state index contributed by atoms with van der Waals surface area (Å²) in [5, 5.41) is 20.8. The van der Waals surface area contributed by atoms with E-state index in [1.807, 2.05) is 0 Å². The number of para-hydroxylation sites is 1. The van der Waals surface area contributed by atoms with E-state index in [9.17, 15) is 20.0 Å². The highest BCUT2D eigenvalue weighted by atomic mass is 16.6. The molecule has 8 nitrogen and oxygen atoms in total. The first-order chi connectivity index (χ1) is 9.91. The van der Waals surface area contributed by atoms with E-state index in [1.165, 1.54) is 11.0 Å². The van der Waals surface area contributed by atoms with Crippen LogP contribution in [-0.2, 0) is 11.3 Å². The van der Waals surface area contributed by atoms with Gasteiger partial charge in [0.2, 0.25) is 5.91 Å². The van der Waals surface area contributed by atoms with Crippen molar-refractivity contribution < 1.29 is 14.8 Å². The molecule has 1 saturated heterocycles. The molecule has 1 aromatic carbocycles. The lowest BCUT2D eigenvalue weighted by Crippen LogP contribution is -2.50. The Morgan fingerprint density at radius 3 is 2.71 bits per heavy atom. The van der Waals surface area contributed by atoms with Crippen LogP contribution in [0.2, 0.25) is 0 Å². The summed E-state index contributed by atoms with van der Waals surface area (Å²) in [6, 6.07) is 4.29. The van der Waals surface area contributed by atoms with E-state index in [0.717, 1.165) is 0 Å². The molecule has 0 bridgehead atoms. The SMILES string of the molecule is CC1NNC(C(=O)N(C)Cc2ccccc2O)C1[N+](=O)[O-]. The number of hydrogen-bond acceptors (Lipinski definition) is 6. The molecule has 0 spiro atoms. The summed E-state index contributed by atoms with van der Waals surface area (Å²) in [6.07, 6.45) is 0. The van der Waals surface area contributed by atoms with Gasteiger partial charge in [-0.25, -0.2) is 10.9 Å². The lowest BCUT2D eigenvalue weighted by molar-refractivity contribution is -0.523. The molecule has 3 N–H and O–H groups in total. The lowest BCUT2D eigenvalue weighted by Gasteiger charge is -2.22. The number of hydrogen-bond donors (Lipinski definition) is 3. The quantitative estimate of drug-likeness (QED) is 0.527. The Labute approximate surface area is 121 Å². The number of nitro groups is 1. The second-order valence-corrected chi connectivity index (χ2v) is 5.15. The Balaban J connectivity index is 2.09. The average Bonchev–Trinajstić information content (AvgIpc) is 2.82. The first kappa shape index (κ1) is 15.2. The zero-order valence-electron chi connectivity index (χ0n) is 11.8. The monoisotopic (exact) mass is 294 g/mol. The highest BCUT2D eigenvalue weighted by Gasteiger charge is 2.47. The minimum atomic E-state index is -1.02. The van der Waals surface area contributed by atoms with Crippen molar-refractivity contribution >= 4 is 5.91 Å². The van der Waals surface area contributed by atoms with Crippen molar-refractivity contribution in [3.8, 4) is 5.75 Å². The van der Waals surface area contributed by atoms with Crippen LogP contribution in [0.3, 0.4) is 0 Å². The highest BCUT2D eigenvalue weighted by molar-refractivity contribution is 5.82. The fraction of sp³-hybridized carbons (Fsp3) is 0.462. The van der Waals surface area contributed by atoms with E-state index in [0.29, 0.717) is 5.56 Å². The van der Waals surface area contributed by atoms with E-state index >= 15 is 0 Å². The Morgan fingerprint density at radius 2 is 2.10 bits per heavy atom. The van der Waals surface area contributed by atoms with Crippen molar-refractivity contribution in [2.45, 2.75) is 31.6 Å². The molecule has 1 aliphatic rings. The maximum absolute atomic E-state index is 12.4. The standard InChI is InChI=1S/C13H18N4O4/c1-8-12(17(20)21)11(15-14-8)13(19)16(2)7-9-5-3-4-6-10(9)18/h3-6,8,11-12,14-15,18H,7H2,1-2H3. The Kier molecular flexibility index (Phi) is 4.39. The number of nitrogens with zero attached hydrogens (tertiary/aromatic N) is 2. The van der Waals surface area contributed by atoms with Gasteiger partial charge in [0, 0.05) is 24.1 Å². The van der Waals surface area contributed by atoms with Gasteiger partial charge in [-0.3, -0.25) is 14.9 Å². The fourth-order valence-electron chi connectivity index (χ4n) is 2.41. The van der Waals surface area contributed by atoms with Crippen LogP contribution < -0.4 is 10.9 Å². The number of phenols is 1. The van der Waals surface area contributed by atoms with Gasteiger partial charge in [-0.15, -0.1) is 0 Å². The molecule has 21 heavy (non-hydrogen) atoms. The normalized spacial score (nSPS) is 24.8. The van der Waals surface area contributed by atoms with Crippen LogP contribution in [0, 0.1) is 10.1 Å². The second kappa shape index (κ2) is 6.06. The van der Waals surface area contributed by atoms with Gasteiger partial charge in [0.15, 0.2) is 6.04 Å². The van der Waals surface area contributed by atoms with Crippen molar-refractivity contribution in [1.82, 2.24) is 15.8 Å². The zero-order valence-corrected chi connectivity index (χ0v) is 11.8. The van der Waals surface area contributed by atoms with Gasteiger partial charge in [-0.05, 0) is 13.0 Å². The average molecular weight is 294 g/mol. The van der Waals surface area contributed by atoms with Gasteiger partial charge >= 0.3 is 0 Å². The maximum atomic E-state index is 12.4. The van der Waals surface area contributed by atoms with E-state index in [1.54, 1.807) is 32.2 Å². The topological polar surface area (TPSA) is 108 Å². The molecule has 0 radical (unpaired) electrons. The zero-order chi connectivity index (χ0) is 15.6. The molecule has 1 fully saturated rings. The molecule has 3 atom stereocenters. The molecular weight excluding hydrogens is 276 g/mol. The van der Waals surface area contributed by atoms with Gasteiger partial charge in [-0.1, -0.05) is 18.2 Å². The van der Waals surface area contributed by atoms with Gasteiger partial charge in [0.1, 0.15) is 5.75 Å². The molecule has 1 amide bonds. The smallest absolute Gasteiger partial charge is 0.254 e. The Bertz CT molecular complexity index is 551. The van der Waals surface area contributed by atoms with Gasteiger partial charge in [0.25, 0.3) is 6.04 Å². The molecule has 8 heteroatoms. The lowest BCUT2D eigenvalue weighted by atomic mass is 10.0. The van der Waals surface area contributed by atoms with E-state index in [-0.39, 0.29) is 12.3 Å².